The van der Waals surface area contributed by atoms with Crippen LogP contribution in [0.5, 0.6) is 0 Å². The molecular formula is C12H13Cl2N3O. The molecule has 0 heterocycles. The van der Waals surface area contributed by atoms with Gasteiger partial charge in [-0.25, -0.2) is 4.79 Å². The number of carbonyl (C=O) groups excluding carboxylic acids is 1. The summed E-state index contributed by atoms with van der Waals surface area (Å²) < 4.78 is 0. The number of alkyl halides is 2. The summed E-state index contributed by atoms with van der Waals surface area (Å²) in [6, 6.07) is 8.40. The molecule has 0 atom stereocenters. The summed E-state index contributed by atoms with van der Waals surface area (Å²) in [7, 11) is 0. The molecule has 0 saturated heterocycles. The summed E-state index contributed by atoms with van der Waals surface area (Å²) in [6.07, 6.45) is 0. The van der Waals surface area contributed by atoms with Crippen molar-refractivity contribution in [3.63, 3.8) is 0 Å². The SMILES string of the molecule is N#Cc1ccc(NC(=O)N(CCCl)CCCl)cc1. The minimum Gasteiger partial charge on any atom is -0.322 e. The molecule has 0 aliphatic rings. The molecule has 1 rings (SSSR count). The zero-order valence-corrected chi connectivity index (χ0v) is 11.2. The molecule has 96 valence electrons. The second-order valence-corrected chi connectivity index (χ2v) is 4.24. The molecule has 1 aromatic rings. The van der Waals surface area contributed by atoms with Crippen LogP contribution in [0.15, 0.2) is 24.3 Å². The van der Waals surface area contributed by atoms with Gasteiger partial charge in [-0.05, 0) is 24.3 Å². The largest absolute Gasteiger partial charge is 0.322 e. The second kappa shape index (κ2) is 7.80. The van der Waals surface area contributed by atoms with Crippen molar-refractivity contribution in [2.24, 2.45) is 0 Å². The maximum absolute atomic E-state index is 11.9. The number of amides is 2. The van der Waals surface area contributed by atoms with E-state index in [0.29, 0.717) is 36.1 Å². The number of nitriles is 1. The van der Waals surface area contributed by atoms with Crippen molar-refractivity contribution in [1.29, 1.82) is 5.26 Å². The number of carbonyl (C=O) groups is 1. The Bertz CT molecular complexity index is 422. The smallest absolute Gasteiger partial charge is 0.321 e. The molecule has 6 heteroatoms. The molecule has 4 nitrogen and oxygen atoms in total. The average Bonchev–Trinajstić information content (AvgIpc) is 2.39. The highest BCUT2D eigenvalue weighted by molar-refractivity contribution is 6.18. The summed E-state index contributed by atoms with van der Waals surface area (Å²) in [4.78, 5) is 13.4. The molecule has 18 heavy (non-hydrogen) atoms. The number of urea groups is 1. The van der Waals surface area contributed by atoms with Gasteiger partial charge in [0.15, 0.2) is 0 Å². The Labute approximate surface area is 116 Å². The third-order valence-corrected chi connectivity index (χ3v) is 2.60. The van der Waals surface area contributed by atoms with Crippen molar-refractivity contribution in [3.8, 4) is 6.07 Å². The normalized spacial score (nSPS) is 9.61. The highest BCUT2D eigenvalue weighted by Crippen LogP contribution is 2.09. The highest BCUT2D eigenvalue weighted by Gasteiger charge is 2.12. The maximum Gasteiger partial charge on any atom is 0.321 e. The Hall–Kier alpha value is -1.44. The van der Waals surface area contributed by atoms with Gasteiger partial charge < -0.3 is 10.2 Å². The minimum atomic E-state index is -0.249. The van der Waals surface area contributed by atoms with Crippen molar-refractivity contribution in [2.45, 2.75) is 0 Å². The predicted molar refractivity (Wildman–Crippen MR) is 73.2 cm³/mol. The molecule has 0 unspecified atom stereocenters. The summed E-state index contributed by atoms with van der Waals surface area (Å²) in [5.41, 5.74) is 1.18. The number of nitrogens with zero attached hydrogens (tertiary/aromatic N) is 2. The van der Waals surface area contributed by atoms with E-state index in [4.69, 9.17) is 28.5 Å². The first-order valence-corrected chi connectivity index (χ1v) is 6.46. The van der Waals surface area contributed by atoms with Crippen molar-refractivity contribution in [3.05, 3.63) is 29.8 Å². The molecular weight excluding hydrogens is 273 g/mol. The molecule has 0 bridgehead atoms. The lowest BCUT2D eigenvalue weighted by atomic mass is 10.2. The van der Waals surface area contributed by atoms with Gasteiger partial charge in [-0.2, -0.15) is 5.26 Å². The fourth-order valence-electron chi connectivity index (χ4n) is 1.35. The van der Waals surface area contributed by atoms with Crippen LogP contribution in [0.4, 0.5) is 10.5 Å². The van der Waals surface area contributed by atoms with Crippen LogP contribution in [0.1, 0.15) is 5.56 Å². The first kappa shape index (κ1) is 14.6. The quantitative estimate of drug-likeness (QED) is 0.846. The van der Waals surface area contributed by atoms with Gasteiger partial charge in [0.25, 0.3) is 0 Å². The minimum absolute atomic E-state index is 0.249. The van der Waals surface area contributed by atoms with Crippen LogP contribution in [0.3, 0.4) is 0 Å². The van der Waals surface area contributed by atoms with E-state index >= 15 is 0 Å². The van der Waals surface area contributed by atoms with E-state index in [1.54, 1.807) is 24.3 Å². The molecule has 0 aliphatic carbocycles. The number of rotatable bonds is 5. The van der Waals surface area contributed by atoms with Crippen molar-refractivity contribution in [1.82, 2.24) is 4.90 Å². The van der Waals surface area contributed by atoms with Crippen molar-refractivity contribution in [2.75, 3.05) is 30.2 Å². The van der Waals surface area contributed by atoms with Crippen LogP contribution in [0.25, 0.3) is 0 Å². The molecule has 2 amide bonds. The Kier molecular flexibility index (Phi) is 6.34. The predicted octanol–water partition coefficient (Wildman–Crippen LogP) is 2.87. The number of benzene rings is 1. The fourth-order valence-corrected chi connectivity index (χ4v) is 1.76. The summed E-state index contributed by atoms with van der Waals surface area (Å²) >= 11 is 11.2. The Morgan fingerprint density at radius 2 is 1.78 bits per heavy atom. The van der Waals surface area contributed by atoms with Crippen LogP contribution in [-0.2, 0) is 0 Å². The zero-order chi connectivity index (χ0) is 13.4. The Morgan fingerprint density at radius 3 is 2.22 bits per heavy atom. The van der Waals surface area contributed by atoms with Gasteiger partial charge in [0.05, 0.1) is 11.6 Å². The standard InChI is InChI=1S/C12H13Cl2N3O/c13-5-7-17(8-6-14)12(18)16-11-3-1-10(9-15)2-4-11/h1-4H,5-8H2,(H,16,18). The summed E-state index contributed by atoms with van der Waals surface area (Å²) in [5.74, 6) is 0.718. The van der Waals surface area contributed by atoms with Crippen LogP contribution in [0.2, 0.25) is 0 Å². The van der Waals surface area contributed by atoms with E-state index in [2.05, 4.69) is 5.32 Å². The number of nitrogens with one attached hydrogen (secondary N) is 1. The van der Waals surface area contributed by atoms with E-state index in [1.807, 2.05) is 6.07 Å². The third-order valence-electron chi connectivity index (χ3n) is 2.26. The van der Waals surface area contributed by atoms with E-state index < -0.39 is 0 Å². The topological polar surface area (TPSA) is 56.1 Å². The monoisotopic (exact) mass is 285 g/mol. The third kappa shape index (κ3) is 4.44. The molecule has 0 aliphatic heterocycles. The van der Waals surface area contributed by atoms with E-state index in [1.165, 1.54) is 4.90 Å². The van der Waals surface area contributed by atoms with Gasteiger partial charge >= 0.3 is 6.03 Å². The summed E-state index contributed by atoms with van der Waals surface area (Å²) in [6.45, 7) is 0.882. The van der Waals surface area contributed by atoms with Crippen LogP contribution in [0, 0.1) is 11.3 Å². The molecule has 1 N–H and O–H groups in total. The molecule has 0 saturated carbocycles. The lowest BCUT2D eigenvalue weighted by molar-refractivity contribution is 0.218. The van der Waals surface area contributed by atoms with Crippen molar-refractivity contribution >= 4 is 34.9 Å². The lowest BCUT2D eigenvalue weighted by Gasteiger charge is -2.20. The molecule has 0 spiro atoms. The van der Waals surface area contributed by atoms with Gasteiger partial charge in [0.2, 0.25) is 0 Å². The number of hydrogen-bond donors (Lipinski definition) is 1. The van der Waals surface area contributed by atoms with Gasteiger partial charge in [0, 0.05) is 30.5 Å². The molecule has 0 fully saturated rings. The van der Waals surface area contributed by atoms with Crippen molar-refractivity contribution < 1.29 is 4.79 Å². The maximum atomic E-state index is 11.9. The second-order valence-electron chi connectivity index (χ2n) is 3.48. The van der Waals surface area contributed by atoms with E-state index in [9.17, 15) is 4.79 Å². The first-order valence-electron chi connectivity index (χ1n) is 5.39. The van der Waals surface area contributed by atoms with Crippen LogP contribution >= 0.6 is 23.2 Å². The lowest BCUT2D eigenvalue weighted by Crippen LogP contribution is -2.37. The van der Waals surface area contributed by atoms with E-state index in [0.717, 1.165) is 0 Å². The molecule has 0 radical (unpaired) electrons. The van der Waals surface area contributed by atoms with Gasteiger partial charge in [0.1, 0.15) is 0 Å². The van der Waals surface area contributed by atoms with Gasteiger partial charge in [-0.1, -0.05) is 0 Å². The molecule has 1 aromatic carbocycles. The van der Waals surface area contributed by atoms with E-state index in [-0.39, 0.29) is 6.03 Å². The Balaban J connectivity index is 2.63. The zero-order valence-electron chi connectivity index (χ0n) is 9.70. The molecule has 0 aromatic heterocycles. The highest BCUT2D eigenvalue weighted by atomic mass is 35.5. The average molecular weight is 286 g/mol. The summed E-state index contributed by atoms with van der Waals surface area (Å²) in [5, 5.41) is 11.4. The number of halogens is 2. The van der Waals surface area contributed by atoms with Crippen LogP contribution in [-0.4, -0.2) is 35.8 Å². The first-order chi connectivity index (χ1) is 8.71. The fraction of sp³-hybridized carbons (Fsp3) is 0.333. The number of anilines is 1. The van der Waals surface area contributed by atoms with Gasteiger partial charge in [-0.15, -0.1) is 23.2 Å². The van der Waals surface area contributed by atoms with Crippen LogP contribution < -0.4 is 5.32 Å². The Morgan fingerprint density at radius 1 is 1.22 bits per heavy atom. The van der Waals surface area contributed by atoms with Gasteiger partial charge in [-0.3, -0.25) is 0 Å². The number of hydrogen-bond acceptors (Lipinski definition) is 2.